The SMILES string of the molecule is CC(=O)/C=C(/C)O.Cc1nc2[c-]c(-c3nccc4c3ccc3c(C(C)C)cccc34)cc(C(C)(C)C)c2o1.[Ir]. The quantitative estimate of drug-likeness (QED) is 0.0883. The van der Waals surface area contributed by atoms with Gasteiger partial charge in [-0.15, -0.1) is 17.7 Å². The van der Waals surface area contributed by atoms with Crippen molar-refractivity contribution in [3.8, 4) is 11.3 Å². The number of nitrogens with zero attached hydrogens (tertiary/aromatic N) is 2. The number of fused-ring (bicyclic) bond motifs is 4. The molecular weight excluding hydrogens is 665 g/mol. The van der Waals surface area contributed by atoms with Gasteiger partial charge in [-0.3, -0.25) is 4.79 Å². The molecule has 5 rings (SSSR count). The van der Waals surface area contributed by atoms with Crippen molar-refractivity contribution in [2.24, 2.45) is 0 Å². The number of oxazole rings is 1. The fourth-order valence-electron chi connectivity index (χ4n) is 4.81. The van der Waals surface area contributed by atoms with Gasteiger partial charge < -0.3 is 14.5 Å². The molecule has 0 fully saturated rings. The zero-order valence-corrected chi connectivity index (χ0v) is 26.2. The van der Waals surface area contributed by atoms with E-state index in [4.69, 9.17) is 14.5 Å². The van der Waals surface area contributed by atoms with E-state index in [2.05, 4.69) is 88.1 Å². The van der Waals surface area contributed by atoms with Crippen LogP contribution in [0.3, 0.4) is 0 Å². The number of ketones is 1. The summed E-state index contributed by atoms with van der Waals surface area (Å²) in [6.07, 6.45) is 3.07. The van der Waals surface area contributed by atoms with E-state index >= 15 is 0 Å². The van der Waals surface area contributed by atoms with E-state index in [0.29, 0.717) is 11.8 Å². The zero-order valence-electron chi connectivity index (χ0n) is 23.8. The largest absolute Gasteiger partial charge is 0.512 e. The zero-order chi connectivity index (χ0) is 27.8. The Kier molecular flexibility index (Phi) is 9.15. The molecule has 5 aromatic rings. The van der Waals surface area contributed by atoms with Crippen LogP contribution in [0, 0.1) is 13.0 Å². The minimum absolute atomic E-state index is 0. The van der Waals surface area contributed by atoms with Gasteiger partial charge in [-0.25, -0.2) is 4.98 Å². The molecule has 1 N–H and O–H groups in total. The van der Waals surface area contributed by atoms with Crippen molar-refractivity contribution in [3.63, 3.8) is 0 Å². The maximum Gasteiger partial charge on any atom is 0.180 e. The van der Waals surface area contributed by atoms with Crippen LogP contribution in [-0.2, 0) is 30.3 Å². The van der Waals surface area contributed by atoms with Crippen LogP contribution in [0.15, 0.2) is 64.9 Å². The molecule has 0 aliphatic heterocycles. The van der Waals surface area contributed by atoms with Gasteiger partial charge in [-0.2, -0.15) is 0 Å². The fourth-order valence-corrected chi connectivity index (χ4v) is 4.81. The maximum absolute atomic E-state index is 10.0. The number of benzene rings is 3. The standard InChI is InChI=1S/C28H27N2O.C5H8O2.Ir/c1-16(2)19-8-7-9-20-21(19)10-11-23-22(20)12-13-29-26(23)18-14-24(28(4,5)6)27-25(15-18)30-17(3)31-27;1-4(6)3-5(2)7;/h7-14,16H,1-6H3;3,6H,1-2H3;/q-1;;/b;4-3-;. The van der Waals surface area contributed by atoms with Crippen LogP contribution in [0.2, 0.25) is 0 Å². The molecule has 0 unspecified atom stereocenters. The van der Waals surface area contributed by atoms with Crippen LogP contribution in [-0.4, -0.2) is 20.9 Å². The molecule has 0 bridgehead atoms. The number of hydrogen-bond acceptors (Lipinski definition) is 5. The average Bonchev–Trinajstić information content (AvgIpc) is 3.21. The first-order valence-electron chi connectivity index (χ1n) is 12.9. The first kappa shape index (κ1) is 30.2. The Hall–Kier alpha value is -3.34. The van der Waals surface area contributed by atoms with Crippen molar-refractivity contribution in [1.82, 2.24) is 9.97 Å². The normalized spacial score (nSPS) is 12.0. The molecule has 6 heteroatoms. The van der Waals surface area contributed by atoms with E-state index in [1.807, 2.05) is 13.1 Å². The first-order valence-corrected chi connectivity index (χ1v) is 12.9. The molecule has 1 radical (unpaired) electrons. The molecule has 0 spiro atoms. The van der Waals surface area contributed by atoms with Crippen LogP contribution in [0.4, 0.5) is 0 Å². The second-order valence-electron chi connectivity index (χ2n) is 11.1. The molecule has 205 valence electrons. The monoisotopic (exact) mass is 700 g/mol. The topological polar surface area (TPSA) is 76.2 Å². The summed E-state index contributed by atoms with van der Waals surface area (Å²) in [5.74, 6) is 1.07. The molecule has 2 heterocycles. The van der Waals surface area contributed by atoms with Crippen molar-refractivity contribution in [2.75, 3.05) is 0 Å². The van der Waals surface area contributed by atoms with Crippen LogP contribution in [0.25, 0.3) is 43.9 Å². The Morgan fingerprint density at radius 3 is 2.28 bits per heavy atom. The number of aryl methyl sites for hydroxylation is 1. The summed E-state index contributed by atoms with van der Waals surface area (Å²) in [7, 11) is 0. The van der Waals surface area contributed by atoms with Crippen LogP contribution in [0.5, 0.6) is 0 Å². The van der Waals surface area contributed by atoms with E-state index in [1.165, 1.54) is 41.6 Å². The summed E-state index contributed by atoms with van der Waals surface area (Å²) >= 11 is 0. The Balaban J connectivity index is 0.000000468. The molecule has 0 aliphatic rings. The number of rotatable bonds is 3. The number of allylic oxidation sites excluding steroid dienone is 2. The number of pyridine rings is 1. The predicted molar refractivity (Wildman–Crippen MR) is 156 cm³/mol. The van der Waals surface area contributed by atoms with E-state index in [0.717, 1.165) is 33.3 Å². The summed E-state index contributed by atoms with van der Waals surface area (Å²) in [6, 6.07) is 18.8. The van der Waals surface area contributed by atoms with Crippen molar-refractivity contribution >= 4 is 38.4 Å². The third-order valence-corrected chi connectivity index (χ3v) is 6.45. The van der Waals surface area contributed by atoms with E-state index in [9.17, 15) is 4.79 Å². The Labute approximate surface area is 243 Å². The summed E-state index contributed by atoms with van der Waals surface area (Å²) < 4.78 is 5.93. The number of hydrogen-bond donors (Lipinski definition) is 1. The molecule has 0 aliphatic carbocycles. The van der Waals surface area contributed by atoms with Gasteiger partial charge in [-0.05, 0) is 64.0 Å². The van der Waals surface area contributed by atoms with Crippen LogP contribution >= 0.6 is 0 Å². The number of carbonyl (C=O) groups is 1. The molecule has 5 nitrogen and oxygen atoms in total. The van der Waals surface area contributed by atoms with Gasteiger partial charge in [0.15, 0.2) is 11.7 Å². The molecule has 0 saturated heterocycles. The predicted octanol–water partition coefficient (Wildman–Crippen LogP) is 8.76. The summed E-state index contributed by atoms with van der Waals surface area (Å²) in [6.45, 7) is 15.8. The smallest absolute Gasteiger partial charge is 0.180 e. The second-order valence-corrected chi connectivity index (χ2v) is 11.1. The minimum atomic E-state index is -0.125. The van der Waals surface area contributed by atoms with Gasteiger partial charge in [0, 0.05) is 44.8 Å². The van der Waals surface area contributed by atoms with Crippen LogP contribution < -0.4 is 0 Å². The third-order valence-electron chi connectivity index (χ3n) is 6.45. The van der Waals surface area contributed by atoms with E-state index in [-0.39, 0.29) is 37.1 Å². The molecule has 3 aromatic carbocycles. The van der Waals surface area contributed by atoms with Gasteiger partial charge in [0.05, 0.1) is 11.3 Å². The second kappa shape index (κ2) is 11.8. The molecular formula is C33H35IrN2O3-. The van der Waals surface area contributed by atoms with Gasteiger partial charge in [0.25, 0.3) is 0 Å². The average molecular weight is 700 g/mol. The van der Waals surface area contributed by atoms with Crippen molar-refractivity contribution in [3.05, 3.63) is 83.6 Å². The first-order chi connectivity index (χ1) is 17.9. The number of aromatic nitrogens is 2. The molecule has 0 amide bonds. The Bertz CT molecular complexity index is 1690. The molecule has 0 atom stereocenters. The van der Waals surface area contributed by atoms with Gasteiger partial charge in [0.2, 0.25) is 0 Å². The number of carbonyl (C=O) groups excluding carboxylic acids is 1. The third kappa shape index (κ3) is 6.46. The number of aliphatic hydroxyl groups excluding tert-OH is 1. The van der Waals surface area contributed by atoms with E-state index in [1.54, 1.807) is 0 Å². The Morgan fingerprint density at radius 2 is 1.69 bits per heavy atom. The number of aliphatic hydroxyl groups is 1. The summed E-state index contributed by atoms with van der Waals surface area (Å²) in [5, 5.41) is 13.3. The molecule has 39 heavy (non-hydrogen) atoms. The molecule has 0 saturated carbocycles. The Morgan fingerprint density at radius 1 is 1.03 bits per heavy atom. The van der Waals surface area contributed by atoms with E-state index < -0.39 is 0 Å². The van der Waals surface area contributed by atoms with Crippen molar-refractivity contribution in [1.29, 1.82) is 0 Å². The molecule has 2 aromatic heterocycles. The van der Waals surface area contributed by atoms with Gasteiger partial charge in [-0.1, -0.05) is 70.5 Å². The fraction of sp³-hybridized carbons (Fsp3) is 0.303. The van der Waals surface area contributed by atoms with Gasteiger partial charge in [0.1, 0.15) is 0 Å². The summed E-state index contributed by atoms with van der Waals surface area (Å²) in [4.78, 5) is 19.4. The summed E-state index contributed by atoms with van der Waals surface area (Å²) in [5.41, 5.74) is 5.88. The van der Waals surface area contributed by atoms with Crippen molar-refractivity contribution in [2.45, 2.75) is 66.7 Å². The minimum Gasteiger partial charge on any atom is -0.512 e. The van der Waals surface area contributed by atoms with Crippen LogP contribution in [0.1, 0.15) is 71.4 Å². The van der Waals surface area contributed by atoms with Crippen molar-refractivity contribution < 1.29 is 34.4 Å². The van der Waals surface area contributed by atoms with Gasteiger partial charge >= 0.3 is 0 Å². The maximum atomic E-state index is 10.0.